The zero-order chi connectivity index (χ0) is 9.68. The van der Waals surface area contributed by atoms with Crippen LogP contribution in [-0.4, -0.2) is 12.1 Å². The Bertz CT molecular complexity index is 272. The molecule has 0 saturated heterocycles. The fourth-order valence-electron chi connectivity index (χ4n) is 0.926. The van der Waals surface area contributed by atoms with Crippen LogP contribution in [0, 0.1) is 0 Å². The van der Waals surface area contributed by atoms with Crippen LogP contribution in [0.15, 0.2) is 30.3 Å². The van der Waals surface area contributed by atoms with Crippen LogP contribution in [0.4, 0.5) is 4.39 Å². The largest absolute Gasteiger partial charge is 0.350 e. The molecule has 2 nitrogen and oxygen atoms in total. The van der Waals surface area contributed by atoms with Gasteiger partial charge in [0, 0.05) is 6.54 Å². The Hall–Kier alpha value is -1.38. The van der Waals surface area contributed by atoms with Gasteiger partial charge in [0.15, 0.2) is 6.17 Å². The lowest BCUT2D eigenvalue weighted by Crippen LogP contribution is -2.29. The first-order valence-corrected chi connectivity index (χ1v) is 4.16. The molecule has 3 heteroatoms. The number of hydrogen-bond donors (Lipinski definition) is 1. The number of hydrogen-bond acceptors (Lipinski definition) is 1. The maximum Gasteiger partial charge on any atom is 0.254 e. The van der Waals surface area contributed by atoms with E-state index >= 15 is 0 Å². The van der Waals surface area contributed by atoms with Gasteiger partial charge in [-0.05, 0) is 12.5 Å². The third-order valence-corrected chi connectivity index (χ3v) is 1.67. The Labute approximate surface area is 76.8 Å². The molecule has 13 heavy (non-hydrogen) atoms. The Morgan fingerprint density at radius 2 is 2.08 bits per heavy atom. The number of nitrogens with one attached hydrogen (secondary N) is 1. The average molecular weight is 181 g/mol. The zero-order valence-corrected chi connectivity index (χ0v) is 7.46. The fourth-order valence-corrected chi connectivity index (χ4v) is 0.926. The van der Waals surface area contributed by atoms with Crippen molar-refractivity contribution in [3.8, 4) is 0 Å². The van der Waals surface area contributed by atoms with Crippen molar-refractivity contribution < 1.29 is 9.18 Å². The SMILES string of the molecule is C[C@@H](F)C(=O)NCc1ccccc1. The number of benzene rings is 1. The highest BCUT2D eigenvalue weighted by Gasteiger charge is 2.08. The van der Waals surface area contributed by atoms with Crippen LogP contribution in [0.3, 0.4) is 0 Å². The minimum atomic E-state index is -1.44. The standard InChI is InChI=1S/C10H12FNO/c1-8(11)10(13)12-7-9-5-3-2-4-6-9/h2-6,8H,7H2,1H3,(H,12,13)/t8-/m1/s1. The lowest BCUT2D eigenvalue weighted by atomic mass is 10.2. The van der Waals surface area contributed by atoms with Crippen LogP contribution in [0.2, 0.25) is 0 Å². The number of carbonyl (C=O) groups is 1. The summed E-state index contributed by atoms with van der Waals surface area (Å²) < 4.78 is 12.4. The molecule has 1 rings (SSSR count). The number of alkyl halides is 1. The van der Waals surface area contributed by atoms with E-state index in [9.17, 15) is 9.18 Å². The minimum Gasteiger partial charge on any atom is -0.350 e. The highest BCUT2D eigenvalue weighted by Crippen LogP contribution is 1.97. The number of amides is 1. The minimum absolute atomic E-state index is 0.383. The van der Waals surface area contributed by atoms with Gasteiger partial charge in [-0.25, -0.2) is 4.39 Å². The maximum atomic E-state index is 12.4. The number of carbonyl (C=O) groups excluding carboxylic acids is 1. The summed E-state index contributed by atoms with van der Waals surface area (Å²) in [5.74, 6) is -0.566. The van der Waals surface area contributed by atoms with Crippen molar-refractivity contribution in [3.63, 3.8) is 0 Å². The molecule has 1 N–H and O–H groups in total. The van der Waals surface area contributed by atoms with Gasteiger partial charge in [0.05, 0.1) is 0 Å². The summed E-state index contributed by atoms with van der Waals surface area (Å²) in [6.07, 6.45) is -1.44. The predicted molar refractivity (Wildman–Crippen MR) is 48.9 cm³/mol. The van der Waals surface area contributed by atoms with Crippen LogP contribution in [0.5, 0.6) is 0 Å². The van der Waals surface area contributed by atoms with Crippen LogP contribution in [0.25, 0.3) is 0 Å². The smallest absolute Gasteiger partial charge is 0.254 e. The number of halogens is 1. The third kappa shape index (κ3) is 3.23. The molecule has 0 aliphatic carbocycles. The van der Waals surface area contributed by atoms with Crippen LogP contribution in [-0.2, 0) is 11.3 Å². The van der Waals surface area contributed by atoms with Gasteiger partial charge < -0.3 is 5.32 Å². The Kier molecular flexibility index (Phi) is 3.43. The summed E-state index contributed by atoms with van der Waals surface area (Å²) in [6.45, 7) is 1.61. The van der Waals surface area contributed by atoms with Crippen LogP contribution < -0.4 is 5.32 Å². The van der Waals surface area contributed by atoms with Crippen molar-refractivity contribution in [2.75, 3.05) is 0 Å². The first-order chi connectivity index (χ1) is 6.20. The van der Waals surface area contributed by atoms with Crippen molar-refractivity contribution in [1.29, 1.82) is 0 Å². The van der Waals surface area contributed by atoms with Gasteiger partial charge in [-0.15, -0.1) is 0 Å². The second-order valence-corrected chi connectivity index (χ2v) is 2.82. The van der Waals surface area contributed by atoms with Gasteiger partial charge in [0.2, 0.25) is 0 Å². The first-order valence-electron chi connectivity index (χ1n) is 4.16. The molecule has 1 atom stereocenters. The monoisotopic (exact) mass is 181 g/mol. The third-order valence-electron chi connectivity index (χ3n) is 1.67. The molecule has 0 fully saturated rings. The van der Waals surface area contributed by atoms with Crippen molar-refractivity contribution >= 4 is 5.91 Å². The molecule has 70 valence electrons. The number of rotatable bonds is 3. The predicted octanol–water partition coefficient (Wildman–Crippen LogP) is 1.66. The van der Waals surface area contributed by atoms with E-state index in [4.69, 9.17) is 0 Å². The van der Waals surface area contributed by atoms with Crippen molar-refractivity contribution in [2.45, 2.75) is 19.6 Å². The van der Waals surface area contributed by atoms with E-state index < -0.39 is 12.1 Å². The Morgan fingerprint density at radius 1 is 1.46 bits per heavy atom. The highest BCUT2D eigenvalue weighted by molar-refractivity contribution is 5.80. The molecule has 0 aliphatic heterocycles. The molecule has 1 amide bonds. The molecule has 0 unspecified atom stereocenters. The lowest BCUT2D eigenvalue weighted by molar-refractivity contribution is -0.125. The van der Waals surface area contributed by atoms with E-state index in [1.807, 2.05) is 30.3 Å². The Balaban J connectivity index is 2.40. The van der Waals surface area contributed by atoms with Gasteiger partial charge in [0.1, 0.15) is 0 Å². The molecular formula is C10H12FNO. The van der Waals surface area contributed by atoms with Gasteiger partial charge in [0.25, 0.3) is 5.91 Å². The summed E-state index contributed by atoms with van der Waals surface area (Å²) in [5.41, 5.74) is 0.969. The lowest BCUT2D eigenvalue weighted by Gasteiger charge is -2.04. The van der Waals surface area contributed by atoms with Crippen molar-refractivity contribution in [2.24, 2.45) is 0 Å². The first kappa shape index (κ1) is 9.71. The topological polar surface area (TPSA) is 29.1 Å². The summed E-state index contributed by atoms with van der Waals surface area (Å²) in [7, 11) is 0. The van der Waals surface area contributed by atoms with E-state index in [2.05, 4.69) is 5.32 Å². The fraction of sp³-hybridized carbons (Fsp3) is 0.300. The van der Waals surface area contributed by atoms with Gasteiger partial charge in [-0.1, -0.05) is 30.3 Å². The van der Waals surface area contributed by atoms with E-state index in [1.54, 1.807) is 0 Å². The van der Waals surface area contributed by atoms with Crippen LogP contribution >= 0.6 is 0 Å². The maximum absolute atomic E-state index is 12.4. The molecule has 0 heterocycles. The van der Waals surface area contributed by atoms with Gasteiger partial charge in [-0.3, -0.25) is 4.79 Å². The molecule has 0 bridgehead atoms. The summed E-state index contributed by atoms with van der Waals surface area (Å²) in [6, 6.07) is 9.40. The molecule has 0 aromatic heterocycles. The molecule has 0 radical (unpaired) electrons. The second-order valence-electron chi connectivity index (χ2n) is 2.82. The average Bonchev–Trinajstić information content (AvgIpc) is 2.15. The molecule has 1 aromatic carbocycles. The van der Waals surface area contributed by atoms with E-state index in [0.29, 0.717) is 6.54 Å². The van der Waals surface area contributed by atoms with Gasteiger partial charge >= 0.3 is 0 Å². The van der Waals surface area contributed by atoms with Crippen molar-refractivity contribution in [3.05, 3.63) is 35.9 Å². The summed E-state index contributed by atoms with van der Waals surface area (Å²) in [4.78, 5) is 10.8. The summed E-state index contributed by atoms with van der Waals surface area (Å²) in [5, 5.41) is 2.48. The van der Waals surface area contributed by atoms with Gasteiger partial charge in [-0.2, -0.15) is 0 Å². The van der Waals surface area contributed by atoms with E-state index in [-0.39, 0.29) is 0 Å². The zero-order valence-electron chi connectivity index (χ0n) is 7.46. The molecule has 0 aliphatic rings. The van der Waals surface area contributed by atoms with Crippen molar-refractivity contribution in [1.82, 2.24) is 5.32 Å². The Morgan fingerprint density at radius 3 is 2.62 bits per heavy atom. The highest BCUT2D eigenvalue weighted by atomic mass is 19.1. The van der Waals surface area contributed by atoms with E-state index in [0.717, 1.165) is 5.56 Å². The quantitative estimate of drug-likeness (QED) is 0.755. The van der Waals surface area contributed by atoms with E-state index in [1.165, 1.54) is 6.92 Å². The second kappa shape index (κ2) is 4.60. The molecule has 0 spiro atoms. The van der Waals surface area contributed by atoms with Crippen LogP contribution in [0.1, 0.15) is 12.5 Å². The normalized spacial score (nSPS) is 12.2. The molecular weight excluding hydrogens is 169 g/mol. The molecule has 1 aromatic rings. The molecule has 0 saturated carbocycles. The summed E-state index contributed by atoms with van der Waals surface area (Å²) >= 11 is 0.